The van der Waals surface area contributed by atoms with E-state index in [1.807, 2.05) is 11.4 Å². The molecule has 0 bridgehead atoms. The third-order valence-corrected chi connectivity index (χ3v) is 3.81. The van der Waals surface area contributed by atoms with Crippen molar-refractivity contribution < 1.29 is 0 Å². The lowest BCUT2D eigenvalue weighted by atomic mass is 10.2. The molecule has 0 aliphatic heterocycles. The quantitative estimate of drug-likeness (QED) is 0.924. The van der Waals surface area contributed by atoms with Gasteiger partial charge in [0.2, 0.25) is 0 Å². The van der Waals surface area contributed by atoms with Crippen molar-refractivity contribution in [3.8, 4) is 6.07 Å². The predicted molar refractivity (Wildman–Crippen MR) is 75.0 cm³/mol. The largest absolute Gasteiger partial charge is 0.378 e. The Labute approximate surface area is 115 Å². The molecule has 1 aromatic carbocycles. The summed E-state index contributed by atoms with van der Waals surface area (Å²) in [7, 11) is 0. The molecule has 92 valence electrons. The Balaban J connectivity index is 2.04. The van der Waals surface area contributed by atoms with Gasteiger partial charge in [0.05, 0.1) is 39.6 Å². The number of hydrogen-bond donors (Lipinski definition) is 1. The van der Waals surface area contributed by atoms with E-state index in [-0.39, 0.29) is 0 Å². The molecule has 18 heavy (non-hydrogen) atoms. The summed E-state index contributed by atoms with van der Waals surface area (Å²) in [5.74, 6) is 0. The first-order valence-corrected chi connectivity index (χ1v) is 6.85. The number of aryl methyl sites for hydroxylation is 1. The molecule has 0 saturated carbocycles. The lowest BCUT2D eigenvalue weighted by Crippen LogP contribution is -2.00. The fourth-order valence-corrected chi connectivity index (χ4v) is 2.50. The molecule has 2 rings (SSSR count). The number of nitriles is 1. The number of benzene rings is 1. The molecular formula is C13H12ClN3S. The summed E-state index contributed by atoms with van der Waals surface area (Å²) >= 11 is 7.74. The van der Waals surface area contributed by atoms with Crippen molar-refractivity contribution in [1.82, 2.24) is 4.98 Å². The van der Waals surface area contributed by atoms with Crippen LogP contribution in [0.2, 0.25) is 5.02 Å². The highest BCUT2D eigenvalue weighted by Gasteiger charge is 2.03. The summed E-state index contributed by atoms with van der Waals surface area (Å²) in [6, 6.07) is 7.27. The Hall–Kier alpha value is -1.57. The van der Waals surface area contributed by atoms with Crippen molar-refractivity contribution in [2.45, 2.75) is 19.9 Å². The van der Waals surface area contributed by atoms with Crippen LogP contribution in [0.1, 0.15) is 23.2 Å². The lowest BCUT2D eigenvalue weighted by Gasteiger charge is -2.06. The van der Waals surface area contributed by atoms with Crippen molar-refractivity contribution in [2.24, 2.45) is 0 Å². The standard InChI is InChI=1S/C13H12ClN3S/c1-2-13-17-10(8-18-13)7-16-12-4-3-9(6-15)5-11(12)14/h3-5,8,16H,2,7H2,1H3. The van der Waals surface area contributed by atoms with Gasteiger partial charge in [0.1, 0.15) is 0 Å². The Morgan fingerprint density at radius 2 is 2.33 bits per heavy atom. The minimum Gasteiger partial charge on any atom is -0.378 e. The maximum atomic E-state index is 8.75. The first-order valence-electron chi connectivity index (χ1n) is 5.59. The van der Waals surface area contributed by atoms with Gasteiger partial charge in [0.25, 0.3) is 0 Å². The zero-order valence-corrected chi connectivity index (χ0v) is 11.5. The normalized spacial score (nSPS) is 10.1. The molecule has 1 heterocycles. The zero-order chi connectivity index (χ0) is 13.0. The average Bonchev–Trinajstić information content (AvgIpc) is 2.85. The number of nitrogens with zero attached hydrogens (tertiary/aromatic N) is 2. The SMILES string of the molecule is CCc1nc(CNc2ccc(C#N)cc2Cl)cs1. The van der Waals surface area contributed by atoms with Crippen molar-refractivity contribution in [3.63, 3.8) is 0 Å². The van der Waals surface area contributed by atoms with Crippen molar-refractivity contribution in [3.05, 3.63) is 44.9 Å². The maximum absolute atomic E-state index is 8.75. The molecule has 0 aliphatic carbocycles. The van der Waals surface area contributed by atoms with Crippen LogP contribution in [0.4, 0.5) is 5.69 Å². The summed E-state index contributed by atoms with van der Waals surface area (Å²) < 4.78 is 0. The number of halogens is 1. The van der Waals surface area contributed by atoms with Crippen LogP contribution in [0.15, 0.2) is 23.6 Å². The predicted octanol–water partition coefficient (Wildman–Crippen LogP) is 3.84. The van der Waals surface area contributed by atoms with E-state index in [4.69, 9.17) is 16.9 Å². The van der Waals surface area contributed by atoms with Gasteiger partial charge in [-0.3, -0.25) is 0 Å². The molecule has 0 unspecified atom stereocenters. The zero-order valence-electron chi connectivity index (χ0n) is 9.90. The molecule has 0 atom stereocenters. The Bertz CT molecular complexity index is 586. The van der Waals surface area contributed by atoms with Crippen LogP contribution in [0.25, 0.3) is 0 Å². The molecule has 2 aromatic rings. The van der Waals surface area contributed by atoms with E-state index in [9.17, 15) is 0 Å². The van der Waals surface area contributed by atoms with E-state index < -0.39 is 0 Å². The summed E-state index contributed by atoms with van der Waals surface area (Å²) in [6.07, 6.45) is 0.961. The van der Waals surface area contributed by atoms with Crippen molar-refractivity contribution in [2.75, 3.05) is 5.32 Å². The van der Waals surface area contributed by atoms with Gasteiger partial charge in [-0.2, -0.15) is 5.26 Å². The number of anilines is 1. The van der Waals surface area contributed by atoms with E-state index in [0.29, 0.717) is 17.1 Å². The van der Waals surface area contributed by atoms with Crippen LogP contribution in [0, 0.1) is 11.3 Å². The van der Waals surface area contributed by atoms with Crippen LogP contribution in [-0.2, 0) is 13.0 Å². The molecule has 1 aromatic heterocycles. The lowest BCUT2D eigenvalue weighted by molar-refractivity contribution is 1.01. The van der Waals surface area contributed by atoms with Crippen molar-refractivity contribution in [1.29, 1.82) is 5.26 Å². The smallest absolute Gasteiger partial charge is 0.0992 e. The highest BCUT2D eigenvalue weighted by molar-refractivity contribution is 7.09. The van der Waals surface area contributed by atoms with Crippen LogP contribution >= 0.6 is 22.9 Å². The van der Waals surface area contributed by atoms with E-state index >= 15 is 0 Å². The van der Waals surface area contributed by atoms with Gasteiger partial charge in [0.15, 0.2) is 0 Å². The molecule has 1 N–H and O–H groups in total. The summed E-state index contributed by atoms with van der Waals surface area (Å²) in [4.78, 5) is 4.47. The molecule has 0 radical (unpaired) electrons. The second kappa shape index (κ2) is 5.85. The van der Waals surface area contributed by atoms with Crippen molar-refractivity contribution >= 4 is 28.6 Å². The minimum absolute atomic E-state index is 0.556. The van der Waals surface area contributed by atoms with Gasteiger partial charge in [-0.05, 0) is 24.6 Å². The maximum Gasteiger partial charge on any atom is 0.0992 e. The Kier molecular flexibility index (Phi) is 4.19. The Morgan fingerprint density at radius 3 is 2.94 bits per heavy atom. The molecule has 5 heteroatoms. The summed E-state index contributed by atoms with van der Waals surface area (Å²) in [5.41, 5.74) is 2.39. The third-order valence-electron chi connectivity index (χ3n) is 2.46. The van der Waals surface area contributed by atoms with E-state index in [1.54, 1.807) is 23.5 Å². The minimum atomic E-state index is 0.556. The number of hydrogen-bond acceptors (Lipinski definition) is 4. The number of thiazole rings is 1. The fraction of sp³-hybridized carbons (Fsp3) is 0.231. The molecular weight excluding hydrogens is 266 g/mol. The van der Waals surface area contributed by atoms with Gasteiger partial charge in [-0.1, -0.05) is 18.5 Å². The van der Waals surface area contributed by atoms with Crippen LogP contribution in [-0.4, -0.2) is 4.98 Å². The average molecular weight is 278 g/mol. The van der Waals surface area contributed by atoms with Gasteiger partial charge in [0, 0.05) is 5.38 Å². The fourth-order valence-electron chi connectivity index (χ4n) is 1.51. The molecule has 0 fully saturated rings. The monoisotopic (exact) mass is 277 g/mol. The molecule has 0 saturated heterocycles. The highest BCUT2D eigenvalue weighted by Crippen LogP contribution is 2.23. The second-order valence-electron chi connectivity index (χ2n) is 3.75. The van der Waals surface area contributed by atoms with Gasteiger partial charge < -0.3 is 5.32 Å². The Morgan fingerprint density at radius 1 is 1.50 bits per heavy atom. The number of rotatable bonds is 4. The van der Waals surface area contributed by atoms with Gasteiger partial charge >= 0.3 is 0 Å². The van der Waals surface area contributed by atoms with Crippen LogP contribution in [0.3, 0.4) is 0 Å². The molecule has 0 spiro atoms. The first-order chi connectivity index (χ1) is 8.72. The molecule has 0 amide bonds. The van der Waals surface area contributed by atoms with E-state index in [2.05, 4.69) is 23.3 Å². The summed E-state index contributed by atoms with van der Waals surface area (Å²) in [5, 5.41) is 15.7. The molecule has 3 nitrogen and oxygen atoms in total. The van der Waals surface area contributed by atoms with Gasteiger partial charge in [-0.15, -0.1) is 11.3 Å². The summed E-state index contributed by atoms with van der Waals surface area (Å²) in [6.45, 7) is 2.73. The number of aromatic nitrogens is 1. The van der Waals surface area contributed by atoms with E-state index in [1.165, 1.54) is 0 Å². The highest BCUT2D eigenvalue weighted by atomic mass is 35.5. The van der Waals surface area contributed by atoms with Gasteiger partial charge in [-0.25, -0.2) is 4.98 Å². The third kappa shape index (κ3) is 3.00. The second-order valence-corrected chi connectivity index (χ2v) is 5.10. The van der Waals surface area contributed by atoms with Crippen LogP contribution < -0.4 is 5.32 Å². The van der Waals surface area contributed by atoms with Crippen LogP contribution in [0.5, 0.6) is 0 Å². The topological polar surface area (TPSA) is 48.7 Å². The van der Waals surface area contributed by atoms with E-state index in [0.717, 1.165) is 22.8 Å². The number of nitrogens with one attached hydrogen (secondary N) is 1. The first kappa shape index (κ1) is 12.9. The molecule has 0 aliphatic rings.